The highest BCUT2D eigenvalue weighted by atomic mass is 16.6. The van der Waals surface area contributed by atoms with Gasteiger partial charge in [0.25, 0.3) is 0 Å². The van der Waals surface area contributed by atoms with E-state index >= 15 is 0 Å². The first-order chi connectivity index (χ1) is 35.0. The van der Waals surface area contributed by atoms with Gasteiger partial charge in [0.05, 0.1) is 0 Å². The molecule has 0 saturated carbocycles. The second kappa shape index (κ2) is 58.9. The third kappa shape index (κ3) is 57.1. The van der Waals surface area contributed by atoms with E-state index in [4.69, 9.17) is 14.2 Å². The molecule has 0 fully saturated rings. The van der Waals surface area contributed by atoms with Gasteiger partial charge in [-0.1, -0.05) is 259 Å². The van der Waals surface area contributed by atoms with Crippen molar-refractivity contribution < 1.29 is 28.6 Å². The summed E-state index contributed by atoms with van der Waals surface area (Å²) < 4.78 is 16.8. The minimum Gasteiger partial charge on any atom is -0.462 e. The van der Waals surface area contributed by atoms with Crippen molar-refractivity contribution in [2.24, 2.45) is 0 Å². The molecule has 406 valence electrons. The van der Waals surface area contributed by atoms with E-state index in [0.29, 0.717) is 19.3 Å². The molecule has 1 unspecified atom stereocenters. The Balaban J connectivity index is 4.27. The molecule has 6 nitrogen and oxygen atoms in total. The van der Waals surface area contributed by atoms with Gasteiger partial charge < -0.3 is 14.2 Å². The molecule has 0 aromatic heterocycles. The van der Waals surface area contributed by atoms with E-state index in [-0.39, 0.29) is 37.5 Å². The smallest absolute Gasteiger partial charge is 0.306 e. The Bertz CT molecular complexity index is 1410. The Hall–Kier alpha value is -3.67. The Morgan fingerprint density at radius 3 is 0.901 bits per heavy atom. The number of hydrogen-bond acceptors (Lipinski definition) is 6. The highest BCUT2D eigenvalue weighted by molar-refractivity contribution is 5.71. The summed E-state index contributed by atoms with van der Waals surface area (Å²) >= 11 is 0. The first-order valence-corrected chi connectivity index (χ1v) is 29.7. The molecule has 0 amide bonds. The highest BCUT2D eigenvalue weighted by Gasteiger charge is 2.19. The van der Waals surface area contributed by atoms with Crippen LogP contribution in [0.5, 0.6) is 0 Å². The van der Waals surface area contributed by atoms with Crippen LogP contribution in [-0.4, -0.2) is 37.2 Å². The number of carbonyl (C=O) groups excluding carboxylic acids is 3. The lowest BCUT2D eigenvalue weighted by Crippen LogP contribution is -2.30. The number of rotatable bonds is 53. The van der Waals surface area contributed by atoms with Crippen molar-refractivity contribution in [1.82, 2.24) is 0 Å². The summed E-state index contributed by atoms with van der Waals surface area (Å²) in [5, 5.41) is 0. The van der Waals surface area contributed by atoms with Gasteiger partial charge in [0.1, 0.15) is 13.2 Å². The molecular formula is C65H110O6. The second-order valence-electron chi connectivity index (χ2n) is 19.5. The van der Waals surface area contributed by atoms with Crippen LogP contribution >= 0.6 is 0 Å². The number of ether oxygens (including phenoxy) is 3. The van der Waals surface area contributed by atoms with Gasteiger partial charge in [-0.25, -0.2) is 0 Å². The Morgan fingerprint density at radius 2 is 0.563 bits per heavy atom. The van der Waals surface area contributed by atoms with Gasteiger partial charge in [0.15, 0.2) is 6.10 Å². The zero-order chi connectivity index (χ0) is 51.4. The highest BCUT2D eigenvalue weighted by Crippen LogP contribution is 2.15. The monoisotopic (exact) mass is 987 g/mol. The molecule has 0 spiro atoms. The van der Waals surface area contributed by atoms with E-state index < -0.39 is 6.10 Å². The molecule has 1 atom stereocenters. The van der Waals surface area contributed by atoms with Crippen LogP contribution in [0.25, 0.3) is 0 Å². The molecule has 0 saturated heterocycles. The Kier molecular flexibility index (Phi) is 55.9. The molecule has 0 aromatic rings. The van der Waals surface area contributed by atoms with Crippen LogP contribution in [0.4, 0.5) is 0 Å². The summed E-state index contributed by atoms with van der Waals surface area (Å²) in [5.74, 6) is -0.959. The molecule has 0 heterocycles. The van der Waals surface area contributed by atoms with Crippen molar-refractivity contribution in [2.75, 3.05) is 13.2 Å². The normalized spacial score (nSPS) is 12.8. The standard InChI is InChI=1S/C65H110O6/c1-4-7-10-13-16-19-21-23-25-27-28-29-30-31-32-33-34-35-36-38-39-41-43-46-49-52-55-58-64(67)70-61-62(60-69-63(66)57-54-51-48-45-18-15-12-9-6-3)71-65(68)59-56-53-50-47-44-42-40-37-26-24-22-20-17-14-11-8-5-2/h8,11,17,20-21,23-24,26-28,30-31,40,42,47,50,62H,4-7,9-10,12-16,18-19,22,25,29,32-39,41,43-46,48-49,51-61H2,1-3H3/b11-8-,20-17-,23-21-,26-24-,28-27-,31-30-,42-40-,50-47-. The summed E-state index contributed by atoms with van der Waals surface area (Å²) in [6, 6.07) is 0. The van der Waals surface area contributed by atoms with Gasteiger partial charge in [-0.15, -0.1) is 0 Å². The van der Waals surface area contributed by atoms with Crippen molar-refractivity contribution in [1.29, 1.82) is 0 Å². The number of allylic oxidation sites excluding steroid dienone is 16. The summed E-state index contributed by atoms with van der Waals surface area (Å²) in [6.07, 6.45) is 78.5. The predicted molar refractivity (Wildman–Crippen MR) is 307 cm³/mol. The molecular weight excluding hydrogens is 877 g/mol. The fraction of sp³-hybridized carbons (Fsp3) is 0.708. The summed E-state index contributed by atoms with van der Waals surface area (Å²) in [7, 11) is 0. The zero-order valence-electron chi connectivity index (χ0n) is 46.5. The summed E-state index contributed by atoms with van der Waals surface area (Å²) in [4.78, 5) is 38.0. The van der Waals surface area contributed by atoms with Gasteiger partial charge in [-0.3, -0.25) is 14.4 Å². The SMILES string of the molecule is CC/C=C\C/C=C\C/C=C\C/C=C\C/C=C\CCCC(=O)OC(COC(=O)CCCCCCCCCCC)COC(=O)CCCCCCCCCCCCCC/C=C\C/C=C\C/C=C\CCCCCCC. The minimum atomic E-state index is -0.806. The summed E-state index contributed by atoms with van der Waals surface area (Å²) in [6.45, 7) is 6.45. The molecule has 6 heteroatoms. The van der Waals surface area contributed by atoms with E-state index in [1.54, 1.807) is 0 Å². The molecule has 0 aliphatic rings. The van der Waals surface area contributed by atoms with Crippen LogP contribution in [-0.2, 0) is 28.6 Å². The van der Waals surface area contributed by atoms with E-state index in [1.807, 2.05) is 0 Å². The van der Waals surface area contributed by atoms with Crippen molar-refractivity contribution in [3.63, 3.8) is 0 Å². The van der Waals surface area contributed by atoms with Gasteiger partial charge in [0, 0.05) is 19.3 Å². The van der Waals surface area contributed by atoms with Crippen molar-refractivity contribution in [3.8, 4) is 0 Å². The largest absolute Gasteiger partial charge is 0.462 e. The molecule has 0 rings (SSSR count). The molecule has 0 aromatic carbocycles. The van der Waals surface area contributed by atoms with Crippen LogP contribution in [0, 0.1) is 0 Å². The molecule has 0 radical (unpaired) electrons. The van der Waals surface area contributed by atoms with Gasteiger partial charge >= 0.3 is 17.9 Å². The summed E-state index contributed by atoms with van der Waals surface area (Å²) in [5.41, 5.74) is 0. The average Bonchev–Trinajstić information content (AvgIpc) is 3.37. The van der Waals surface area contributed by atoms with Gasteiger partial charge in [0.2, 0.25) is 0 Å². The minimum absolute atomic E-state index is 0.0993. The fourth-order valence-electron chi connectivity index (χ4n) is 8.13. The maximum absolute atomic E-state index is 12.8. The Morgan fingerprint density at radius 1 is 0.296 bits per heavy atom. The van der Waals surface area contributed by atoms with Gasteiger partial charge in [-0.2, -0.15) is 0 Å². The van der Waals surface area contributed by atoms with Crippen molar-refractivity contribution >= 4 is 17.9 Å². The van der Waals surface area contributed by atoms with Crippen LogP contribution in [0.2, 0.25) is 0 Å². The first kappa shape index (κ1) is 67.3. The number of hydrogen-bond donors (Lipinski definition) is 0. The second-order valence-corrected chi connectivity index (χ2v) is 19.5. The number of unbranched alkanes of at least 4 members (excludes halogenated alkanes) is 26. The van der Waals surface area contributed by atoms with Gasteiger partial charge in [-0.05, 0) is 96.3 Å². The van der Waals surface area contributed by atoms with E-state index in [1.165, 1.54) is 141 Å². The zero-order valence-corrected chi connectivity index (χ0v) is 46.5. The lowest BCUT2D eigenvalue weighted by Gasteiger charge is -2.18. The first-order valence-electron chi connectivity index (χ1n) is 29.7. The van der Waals surface area contributed by atoms with E-state index in [2.05, 4.69) is 118 Å². The quantitative estimate of drug-likeness (QED) is 0.0261. The average molecular weight is 988 g/mol. The lowest BCUT2D eigenvalue weighted by atomic mass is 10.0. The third-order valence-corrected chi connectivity index (χ3v) is 12.6. The lowest BCUT2D eigenvalue weighted by molar-refractivity contribution is -0.167. The maximum atomic E-state index is 12.8. The molecule has 0 aliphatic heterocycles. The molecule has 0 bridgehead atoms. The molecule has 71 heavy (non-hydrogen) atoms. The fourth-order valence-corrected chi connectivity index (χ4v) is 8.13. The van der Waals surface area contributed by atoms with Crippen LogP contribution in [0.3, 0.4) is 0 Å². The van der Waals surface area contributed by atoms with Crippen LogP contribution < -0.4 is 0 Å². The maximum Gasteiger partial charge on any atom is 0.306 e. The topological polar surface area (TPSA) is 78.9 Å². The third-order valence-electron chi connectivity index (χ3n) is 12.6. The predicted octanol–water partition coefficient (Wildman–Crippen LogP) is 20.1. The van der Waals surface area contributed by atoms with E-state index in [0.717, 1.165) is 89.9 Å². The van der Waals surface area contributed by atoms with Crippen LogP contribution in [0.15, 0.2) is 97.2 Å². The number of carbonyl (C=O) groups is 3. The Labute approximate surface area is 438 Å². The van der Waals surface area contributed by atoms with Crippen molar-refractivity contribution in [3.05, 3.63) is 97.2 Å². The molecule has 0 N–H and O–H groups in total. The van der Waals surface area contributed by atoms with Crippen LogP contribution in [0.1, 0.15) is 278 Å². The number of esters is 3. The molecule has 0 aliphatic carbocycles. The van der Waals surface area contributed by atoms with E-state index in [9.17, 15) is 14.4 Å². The van der Waals surface area contributed by atoms with Crippen molar-refractivity contribution in [2.45, 2.75) is 284 Å².